The number of hydrogen-bond donors (Lipinski definition) is 3. The van der Waals surface area contributed by atoms with Crippen LogP contribution in [0.3, 0.4) is 0 Å². The zero-order valence-electron chi connectivity index (χ0n) is 13.0. The van der Waals surface area contributed by atoms with Crippen LogP contribution in [0, 0.1) is 11.8 Å². The second-order valence-corrected chi connectivity index (χ2v) is 6.73. The van der Waals surface area contributed by atoms with Gasteiger partial charge in [0.15, 0.2) is 0 Å². The average Bonchev–Trinajstić information content (AvgIpc) is 3.00. The van der Waals surface area contributed by atoms with Crippen LogP contribution in [-0.2, 0) is 4.79 Å². The van der Waals surface area contributed by atoms with Crippen molar-refractivity contribution < 1.29 is 9.59 Å². The smallest absolute Gasteiger partial charge is 0.321 e. The predicted octanol–water partition coefficient (Wildman–Crippen LogP) is 0.718. The van der Waals surface area contributed by atoms with Crippen LogP contribution < -0.4 is 16.0 Å². The molecule has 7 heteroatoms. The average molecular weight is 331 g/mol. The molecule has 126 valence electrons. The summed E-state index contributed by atoms with van der Waals surface area (Å²) >= 11 is 0. The standard InChI is InChI=1S/C15H26N4O2.ClH/c20-14(10-19-8-11-6-16-7-12(11)9-19)18-15(21)17-13-4-2-1-3-5-13;/h11-13,16H,1-10H2,(H2,17,18,20,21);1H/t11-,12+;. The Labute approximate surface area is 138 Å². The molecule has 1 saturated carbocycles. The van der Waals surface area contributed by atoms with Gasteiger partial charge >= 0.3 is 6.03 Å². The second-order valence-electron chi connectivity index (χ2n) is 6.73. The van der Waals surface area contributed by atoms with Crippen molar-refractivity contribution in [2.24, 2.45) is 11.8 Å². The molecule has 3 N–H and O–H groups in total. The summed E-state index contributed by atoms with van der Waals surface area (Å²) < 4.78 is 0. The number of fused-ring (bicyclic) bond motifs is 1. The van der Waals surface area contributed by atoms with Gasteiger partial charge in [-0.3, -0.25) is 15.0 Å². The summed E-state index contributed by atoms with van der Waals surface area (Å²) in [5.74, 6) is 1.17. The molecule has 2 aliphatic heterocycles. The van der Waals surface area contributed by atoms with Gasteiger partial charge in [-0.1, -0.05) is 19.3 Å². The van der Waals surface area contributed by atoms with Crippen LogP contribution >= 0.6 is 12.4 Å². The fourth-order valence-electron chi connectivity index (χ4n) is 3.92. The summed E-state index contributed by atoms with van der Waals surface area (Å²) in [6.07, 6.45) is 5.66. The van der Waals surface area contributed by atoms with E-state index < -0.39 is 0 Å². The minimum Gasteiger partial charge on any atom is -0.335 e. The van der Waals surface area contributed by atoms with Crippen LogP contribution in [-0.4, -0.2) is 55.6 Å². The van der Waals surface area contributed by atoms with E-state index in [1.165, 1.54) is 19.3 Å². The van der Waals surface area contributed by atoms with Gasteiger partial charge in [-0.2, -0.15) is 0 Å². The number of likely N-dealkylation sites (tertiary alicyclic amines) is 1. The number of carbonyl (C=O) groups excluding carboxylic acids is 2. The Morgan fingerprint density at radius 3 is 2.32 bits per heavy atom. The molecule has 6 nitrogen and oxygen atoms in total. The summed E-state index contributed by atoms with van der Waals surface area (Å²) in [6, 6.07) is -0.0864. The van der Waals surface area contributed by atoms with Crippen molar-refractivity contribution in [3.05, 3.63) is 0 Å². The lowest BCUT2D eigenvalue weighted by Crippen LogP contribution is -2.48. The topological polar surface area (TPSA) is 73.5 Å². The van der Waals surface area contributed by atoms with E-state index in [4.69, 9.17) is 0 Å². The van der Waals surface area contributed by atoms with E-state index in [0.29, 0.717) is 18.4 Å². The lowest BCUT2D eigenvalue weighted by atomic mass is 9.96. The highest BCUT2D eigenvalue weighted by molar-refractivity contribution is 5.95. The Hall–Kier alpha value is -0.850. The maximum absolute atomic E-state index is 11.9. The molecule has 3 amide bonds. The normalized spacial score (nSPS) is 28.7. The molecule has 3 fully saturated rings. The number of rotatable bonds is 3. The number of urea groups is 1. The van der Waals surface area contributed by atoms with Gasteiger partial charge in [0, 0.05) is 19.1 Å². The van der Waals surface area contributed by atoms with Gasteiger partial charge in [0.1, 0.15) is 0 Å². The van der Waals surface area contributed by atoms with Crippen molar-refractivity contribution in [1.29, 1.82) is 0 Å². The molecule has 0 bridgehead atoms. The molecule has 1 aliphatic carbocycles. The number of imide groups is 1. The van der Waals surface area contributed by atoms with E-state index in [1.807, 2.05) is 0 Å². The van der Waals surface area contributed by atoms with Crippen molar-refractivity contribution in [2.45, 2.75) is 38.1 Å². The number of hydrogen-bond acceptors (Lipinski definition) is 4. The lowest BCUT2D eigenvalue weighted by molar-refractivity contribution is -0.121. The van der Waals surface area contributed by atoms with Crippen molar-refractivity contribution in [3.8, 4) is 0 Å². The first-order chi connectivity index (χ1) is 10.2. The lowest BCUT2D eigenvalue weighted by Gasteiger charge is -2.23. The van der Waals surface area contributed by atoms with Crippen molar-refractivity contribution in [3.63, 3.8) is 0 Å². The maximum Gasteiger partial charge on any atom is 0.321 e. The van der Waals surface area contributed by atoms with Gasteiger partial charge in [0.05, 0.1) is 6.54 Å². The first-order valence-electron chi connectivity index (χ1n) is 8.24. The molecule has 0 radical (unpaired) electrons. The third-order valence-corrected chi connectivity index (χ3v) is 5.03. The molecule has 22 heavy (non-hydrogen) atoms. The monoisotopic (exact) mass is 330 g/mol. The molecule has 0 aromatic rings. The first-order valence-corrected chi connectivity index (χ1v) is 8.24. The number of nitrogens with one attached hydrogen (secondary N) is 3. The molecule has 0 unspecified atom stereocenters. The van der Waals surface area contributed by atoms with Gasteiger partial charge in [-0.05, 0) is 37.8 Å². The van der Waals surface area contributed by atoms with E-state index in [1.54, 1.807) is 0 Å². The van der Waals surface area contributed by atoms with Crippen LogP contribution in [0.4, 0.5) is 4.79 Å². The highest BCUT2D eigenvalue weighted by Crippen LogP contribution is 2.25. The molecule has 2 heterocycles. The summed E-state index contributed by atoms with van der Waals surface area (Å²) in [7, 11) is 0. The molecule has 0 aromatic heterocycles. The third-order valence-electron chi connectivity index (χ3n) is 5.03. The van der Waals surface area contributed by atoms with Gasteiger partial charge in [0.25, 0.3) is 0 Å². The largest absolute Gasteiger partial charge is 0.335 e. The summed E-state index contributed by atoms with van der Waals surface area (Å²) in [5, 5.41) is 8.77. The predicted molar refractivity (Wildman–Crippen MR) is 87.1 cm³/mol. The van der Waals surface area contributed by atoms with Crippen LogP contribution in [0.15, 0.2) is 0 Å². The number of halogens is 1. The second kappa shape index (κ2) is 8.13. The molecule has 0 aromatic carbocycles. The molecule has 2 atom stereocenters. The molecule has 3 aliphatic rings. The highest BCUT2D eigenvalue weighted by Gasteiger charge is 2.36. The summed E-state index contributed by atoms with van der Waals surface area (Å²) in [6.45, 7) is 4.39. The highest BCUT2D eigenvalue weighted by atomic mass is 35.5. The van der Waals surface area contributed by atoms with E-state index in [0.717, 1.165) is 39.0 Å². The quantitative estimate of drug-likeness (QED) is 0.713. The Morgan fingerprint density at radius 1 is 1.05 bits per heavy atom. The Kier molecular flexibility index (Phi) is 6.47. The van der Waals surface area contributed by atoms with E-state index in [2.05, 4.69) is 20.9 Å². The number of carbonyl (C=O) groups is 2. The minimum atomic E-state index is -0.326. The molecule has 0 spiro atoms. The molecular formula is C15H27ClN4O2. The summed E-state index contributed by atoms with van der Waals surface area (Å²) in [4.78, 5) is 25.9. The van der Waals surface area contributed by atoms with Crippen LogP contribution in [0.25, 0.3) is 0 Å². The fourth-order valence-corrected chi connectivity index (χ4v) is 3.92. The molecular weight excluding hydrogens is 304 g/mol. The number of amides is 3. The van der Waals surface area contributed by atoms with Gasteiger partial charge in [-0.25, -0.2) is 4.79 Å². The third kappa shape index (κ3) is 4.57. The van der Waals surface area contributed by atoms with Gasteiger partial charge in [0.2, 0.25) is 5.91 Å². The van der Waals surface area contributed by atoms with E-state index >= 15 is 0 Å². The maximum atomic E-state index is 11.9. The van der Waals surface area contributed by atoms with Crippen LogP contribution in [0.5, 0.6) is 0 Å². The van der Waals surface area contributed by atoms with Crippen molar-refractivity contribution in [2.75, 3.05) is 32.7 Å². The van der Waals surface area contributed by atoms with Crippen molar-refractivity contribution >= 4 is 24.3 Å². The van der Waals surface area contributed by atoms with Gasteiger partial charge < -0.3 is 10.6 Å². The Morgan fingerprint density at radius 2 is 1.68 bits per heavy atom. The Balaban J connectivity index is 0.00000176. The fraction of sp³-hybridized carbons (Fsp3) is 0.867. The first kappa shape index (κ1) is 17.5. The SMILES string of the molecule is Cl.O=C(CN1C[C@H]2CNC[C@H]2C1)NC(=O)NC1CCCCC1. The van der Waals surface area contributed by atoms with Crippen LogP contribution in [0.1, 0.15) is 32.1 Å². The van der Waals surface area contributed by atoms with Crippen molar-refractivity contribution in [1.82, 2.24) is 20.9 Å². The molecule has 2 saturated heterocycles. The number of nitrogens with zero attached hydrogens (tertiary/aromatic N) is 1. The molecule has 3 rings (SSSR count). The Bertz CT molecular complexity index is 389. The van der Waals surface area contributed by atoms with E-state index in [-0.39, 0.29) is 30.4 Å². The zero-order valence-corrected chi connectivity index (χ0v) is 13.8. The zero-order chi connectivity index (χ0) is 14.7. The van der Waals surface area contributed by atoms with Gasteiger partial charge in [-0.15, -0.1) is 12.4 Å². The van der Waals surface area contributed by atoms with Crippen LogP contribution in [0.2, 0.25) is 0 Å². The van der Waals surface area contributed by atoms with E-state index in [9.17, 15) is 9.59 Å². The minimum absolute atomic E-state index is 0. The summed E-state index contributed by atoms with van der Waals surface area (Å²) in [5.41, 5.74) is 0.